The van der Waals surface area contributed by atoms with Crippen LogP contribution in [-0.2, 0) is 19.6 Å². The van der Waals surface area contributed by atoms with E-state index in [1.165, 1.54) is 19.2 Å². The van der Waals surface area contributed by atoms with Gasteiger partial charge >= 0.3 is 5.97 Å². The van der Waals surface area contributed by atoms with E-state index in [-0.39, 0.29) is 4.90 Å². The first-order valence-electron chi connectivity index (χ1n) is 10.1. The summed E-state index contributed by atoms with van der Waals surface area (Å²) in [6.45, 7) is 4.37. The summed E-state index contributed by atoms with van der Waals surface area (Å²) < 4.78 is 32.4. The summed E-state index contributed by atoms with van der Waals surface area (Å²) in [5, 5.41) is 7.35. The number of unbranched alkanes of at least 4 members (excludes halogenated alkanes) is 1. The van der Waals surface area contributed by atoms with Gasteiger partial charge in [0, 0.05) is 17.3 Å². The Bertz CT molecular complexity index is 1040. The van der Waals surface area contributed by atoms with Crippen LogP contribution in [0.4, 0.5) is 5.69 Å². The molecule has 2 rings (SSSR count). The molecule has 2 aromatic carbocycles. The number of ether oxygens (including phenoxy) is 1. The standard InChI is InChI=1S/C22H28ClN3O4S2/c1-15-7-10-18(11-8-15)32(28,29)26-20(21(27)30-3)6-4-5-13-24-22(31)25-19-12-9-17(23)14-16(19)2/h7-12,14,20,26H,4-6,13H2,1-3H3,(H2,24,25,31). The number of esters is 1. The van der Waals surface area contributed by atoms with Crippen molar-refractivity contribution >= 4 is 50.6 Å². The van der Waals surface area contributed by atoms with Crippen LogP contribution in [0.5, 0.6) is 0 Å². The number of methoxy groups -OCH3 is 1. The first kappa shape index (κ1) is 26.1. The smallest absolute Gasteiger partial charge is 0.323 e. The SMILES string of the molecule is COC(=O)C(CCCCNC(=S)Nc1ccc(Cl)cc1C)NS(=O)(=O)c1ccc(C)cc1. The summed E-state index contributed by atoms with van der Waals surface area (Å²) in [6.07, 6.45) is 1.57. The third kappa shape index (κ3) is 8.05. The molecule has 7 nitrogen and oxygen atoms in total. The zero-order chi connectivity index (χ0) is 23.7. The third-order valence-corrected chi connectivity index (χ3v) is 6.73. The number of hydrogen-bond acceptors (Lipinski definition) is 5. The van der Waals surface area contributed by atoms with Gasteiger partial charge in [0.2, 0.25) is 10.0 Å². The van der Waals surface area contributed by atoms with Crippen molar-refractivity contribution in [1.82, 2.24) is 10.0 Å². The Labute approximate surface area is 199 Å². The number of benzene rings is 2. The van der Waals surface area contributed by atoms with Gasteiger partial charge in [0.1, 0.15) is 6.04 Å². The highest BCUT2D eigenvalue weighted by Crippen LogP contribution is 2.19. The number of rotatable bonds is 10. The molecule has 0 spiro atoms. The lowest BCUT2D eigenvalue weighted by Gasteiger charge is -2.17. The minimum absolute atomic E-state index is 0.104. The number of aryl methyl sites for hydroxylation is 2. The minimum Gasteiger partial charge on any atom is -0.468 e. The molecule has 3 N–H and O–H groups in total. The molecule has 0 aliphatic rings. The van der Waals surface area contributed by atoms with Gasteiger partial charge in [-0.05, 0) is 81.2 Å². The summed E-state index contributed by atoms with van der Waals surface area (Å²) in [4.78, 5) is 12.2. The molecular weight excluding hydrogens is 470 g/mol. The number of nitrogens with one attached hydrogen (secondary N) is 3. The van der Waals surface area contributed by atoms with Gasteiger partial charge in [-0.1, -0.05) is 29.3 Å². The van der Waals surface area contributed by atoms with E-state index in [1.54, 1.807) is 18.2 Å². The third-order valence-electron chi connectivity index (χ3n) is 4.76. The van der Waals surface area contributed by atoms with Gasteiger partial charge in [-0.2, -0.15) is 4.72 Å². The molecular formula is C22H28ClN3O4S2. The van der Waals surface area contributed by atoms with Crippen LogP contribution in [0.1, 0.15) is 30.4 Å². The van der Waals surface area contributed by atoms with Crippen molar-refractivity contribution in [3.8, 4) is 0 Å². The Morgan fingerprint density at radius 1 is 1.12 bits per heavy atom. The lowest BCUT2D eigenvalue weighted by molar-refractivity contribution is -0.142. The average molecular weight is 498 g/mol. The highest BCUT2D eigenvalue weighted by molar-refractivity contribution is 7.89. The van der Waals surface area contributed by atoms with Crippen LogP contribution in [-0.4, -0.2) is 39.2 Å². The van der Waals surface area contributed by atoms with Crippen LogP contribution in [0.3, 0.4) is 0 Å². The number of anilines is 1. The molecule has 0 heterocycles. The number of halogens is 1. The maximum absolute atomic E-state index is 12.6. The topological polar surface area (TPSA) is 96.5 Å². The van der Waals surface area contributed by atoms with Gasteiger partial charge in [-0.3, -0.25) is 4.79 Å². The molecule has 0 aromatic heterocycles. The molecule has 0 saturated heterocycles. The quantitative estimate of drug-likeness (QED) is 0.260. The summed E-state index contributed by atoms with van der Waals surface area (Å²) in [5.41, 5.74) is 2.78. The molecule has 1 atom stereocenters. The van der Waals surface area contributed by atoms with Crippen LogP contribution < -0.4 is 15.4 Å². The number of hydrogen-bond donors (Lipinski definition) is 3. The fourth-order valence-electron chi connectivity index (χ4n) is 2.95. The Morgan fingerprint density at radius 3 is 2.44 bits per heavy atom. The van der Waals surface area contributed by atoms with Gasteiger partial charge in [-0.15, -0.1) is 0 Å². The van der Waals surface area contributed by atoms with E-state index in [2.05, 4.69) is 15.4 Å². The molecule has 0 saturated carbocycles. The molecule has 32 heavy (non-hydrogen) atoms. The lowest BCUT2D eigenvalue weighted by atomic mass is 10.1. The zero-order valence-electron chi connectivity index (χ0n) is 18.3. The molecule has 10 heteroatoms. The summed E-state index contributed by atoms with van der Waals surface area (Å²) in [7, 11) is -2.60. The highest BCUT2D eigenvalue weighted by atomic mass is 35.5. The van der Waals surface area contributed by atoms with Crippen molar-refractivity contribution in [3.63, 3.8) is 0 Å². The molecule has 0 aliphatic heterocycles. The predicted octanol–water partition coefficient (Wildman–Crippen LogP) is 3.93. The predicted molar refractivity (Wildman–Crippen MR) is 132 cm³/mol. The molecule has 2 aromatic rings. The molecule has 0 aliphatic carbocycles. The fourth-order valence-corrected chi connectivity index (χ4v) is 4.61. The summed E-state index contributed by atoms with van der Waals surface area (Å²) >= 11 is 11.3. The Kier molecular flexibility index (Phi) is 9.89. The molecule has 0 fully saturated rings. The number of sulfonamides is 1. The largest absolute Gasteiger partial charge is 0.468 e. The molecule has 0 amide bonds. The second-order valence-electron chi connectivity index (χ2n) is 7.35. The summed E-state index contributed by atoms with van der Waals surface area (Å²) in [5.74, 6) is -0.621. The van der Waals surface area contributed by atoms with E-state index in [4.69, 9.17) is 28.6 Å². The number of carbonyl (C=O) groups excluding carboxylic acids is 1. The van der Waals surface area contributed by atoms with E-state index in [9.17, 15) is 13.2 Å². The summed E-state index contributed by atoms with van der Waals surface area (Å²) in [6, 6.07) is 10.9. The monoisotopic (exact) mass is 497 g/mol. The van der Waals surface area contributed by atoms with Gasteiger partial charge in [0.15, 0.2) is 5.11 Å². The van der Waals surface area contributed by atoms with Crippen molar-refractivity contribution in [1.29, 1.82) is 0 Å². The van der Waals surface area contributed by atoms with E-state index >= 15 is 0 Å². The van der Waals surface area contributed by atoms with E-state index in [0.717, 1.165) is 16.8 Å². The average Bonchev–Trinajstić information content (AvgIpc) is 2.74. The molecule has 174 valence electrons. The number of thiocarbonyl (C=S) groups is 1. The second-order valence-corrected chi connectivity index (χ2v) is 9.90. The van der Waals surface area contributed by atoms with E-state index in [1.807, 2.05) is 26.0 Å². The first-order valence-corrected chi connectivity index (χ1v) is 12.4. The van der Waals surface area contributed by atoms with Gasteiger partial charge < -0.3 is 15.4 Å². The van der Waals surface area contributed by atoms with E-state index in [0.29, 0.717) is 35.9 Å². The highest BCUT2D eigenvalue weighted by Gasteiger charge is 2.26. The zero-order valence-corrected chi connectivity index (χ0v) is 20.7. The maximum atomic E-state index is 12.6. The van der Waals surface area contributed by atoms with Crippen molar-refractivity contribution in [2.24, 2.45) is 0 Å². The fraction of sp³-hybridized carbons (Fsp3) is 0.364. The first-order chi connectivity index (χ1) is 15.1. The second kappa shape index (κ2) is 12.2. The van der Waals surface area contributed by atoms with Crippen molar-refractivity contribution in [2.45, 2.75) is 44.0 Å². The van der Waals surface area contributed by atoms with Crippen LogP contribution in [0.15, 0.2) is 47.4 Å². The molecule has 0 bridgehead atoms. The van der Waals surface area contributed by atoms with Crippen LogP contribution >= 0.6 is 23.8 Å². The Morgan fingerprint density at radius 2 is 1.81 bits per heavy atom. The van der Waals surface area contributed by atoms with Crippen LogP contribution in [0, 0.1) is 13.8 Å². The lowest BCUT2D eigenvalue weighted by Crippen LogP contribution is -2.41. The van der Waals surface area contributed by atoms with Crippen LogP contribution in [0.2, 0.25) is 5.02 Å². The number of carbonyl (C=O) groups is 1. The van der Waals surface area contributed by atoms with Gasteiger partial charge in [-0.25, -0.2) is 8.42 Å². The molecule has 1 unspecified atom stereocenters. The Balaban J connectivity index is 1.83. The normalized spacial score (nSPS) is 12.1. The van der Waals surface area contributed by atoms with Gasteiger partial charge in [0.25, 0.3) is 0 Å². The Hall–Kier alpha value is -2.20. The minimum atomic E-state index is -3.84. The van der Waals surface area contributed by atoms with E-state index < -0.39 is 22.0 Å². The molecule has 0 radical (unpaired) electrons. The van der Waals surface area contributed by atoms with Gasteiger partial charge in [0.05, 0.1) is 12.0 Å². The van der Waals surface area contributed by atoms with Crippen molar-refractivity contribution < 1.29 is 17.9 Å². The van der Waals surface area contributed by atoms with Crippen LogP contribution in [0.25, 0.3) is 0 Å². The van der Waals surface area contributed by atoms with Crippen molar-refractivity contribution in [3.05, 3.63) is 58.6 Å². The maximum Gasteiger partial charge on any atom is 0.323 e. The van der Waals surface area contributed by atoms with Crippen molar-refractivity contribution in [2.75, 3.05) is 19.0 Å².